The highest BCUT2D eigenvalue weighted by Gasteiger charge is 2.54. The third kappa shape index (κ3) is 2.90. The minimum absolute atomic E-state index is 0.0711. The van der Waals surface area contributed by atoms with Crippen molar-refractivity contribution >= 4 is 39.0 Å². The molecule has 0 radical (unpaired) electrons. The van der Waals surface area contributed by atoms with Crippen molar-refractivity contribution in [3.05, 3.63) is 41.2 Å². The van der Waals surface area contributed by atoms with Crippen LogP contribution in [-0.4, -0.2) is 46.0 Å². The molecule has 1 saturated heterocycles. The molecule has 148 valence electrons. The average molecular weight is 422 g/mol. The molecule has 28 heavy (non-hydrogen) atoms. The first-order chi connectivity index (χ1) is 13.1. The summed E-state index contributed by atoms with van der Waals surface area (Å²) in [5, 5.41) is 14.1. The van der Waals surface area contributed by atoms with Gasteiger partial charge in [0.2, 0.25) is 0 Å². The molecule has 1 atom stereocenters. The SMILES string of the molecule is CC1(C)C(=N)N[C@@]2(COCc3ccc(NC(=O)c4cnsn4)cc32)CS1(=O)=O. The highest BCUT2D eigenvalue weighted by molar-refractivity contribution is 7.93. The van der Waals surface area contributed by atoms with Gasteiger partial charge >= 0.3 is 0 Å². The fourth-order valence-corrected chi connectivity index (χ4v) is 5.50. The lowest BCUT2D eigenvalue weighted by molar-refractivity contribution is 0.0513. The van der Waals surface area contributed by atoms with Crippen LogP contribution in [0.5, 0.6) is 0 Å². The van der Waals surface area contributed by atoms with Gasteiger partial charge in [0, 0.05) is 5.69 Å². The topological polar surface area (TPSA) is 134 Å². The van der Waals surface area contributed by atoms with E-state index in [-0.39, 0.29) is 23.9 Å². The van der Waals surface area contributed by atoms with Crippen molar-refractivity contribution in [2.45, 2.75) is 30.7 Å². The second kappa shape index (κ2) is 6.33. The second-order valence-electron chi connectivity index (χ2n) is 7.46. The number of hydrogen-bond acceptors (Lipinski definition) is 8. The molecule has 0 bridgehead atoms. The number of amides is 1. The molecule has 0 unspecified atom stereocenters. The van der Waals surface area contributed by atoms with E-state index in [2.05, 4.69) is 19.4 Å². The molecule has 3 N–H and O–H groups in total. The maximum Gasteiger partial charge on any atom is 0.277 e. The van der Waals surface area contributed by atoms with Gasteiger partial charge < -0.3 is 15.4 Å². The number of carbonyl (C=O) groups excluding carboxylic acids is 1. The summed E-state index contributed by atoms with van der Waals surface area (Å²) < 4.78 is 37.9. The molecule has 4 rings (SSSR count). The highest BCUT2D eigenvalue weighted by Crippen LogP contribution is 2.39. The number of fused-ring (bicyclic) bond motifs is 2. The minimum atomic E-state index is -3.60. The third-order valence-corrected chi connectivity index (χ3v) is 8.37. The molecule has 2 aromatic rings. The second-order valence-corrected chi connectivity index (χ2v) is 10.6. The van der Waals surface area contributed by atoms with Crippen molar-refractivity contribution in [3.63, 3.8) is 0 Å². The van der Waals surface area contributed by atoms with Crippen LogP contribution >= 0.6 is 11.7 Å². The molecule has 1 aromatic carbocycles. The van der Waals surface area contributed by atoms with Crippen LogP contribution in [0.2, 0.25) is 0 Å². The summed E-state index contributed by atoms with van der Waals surface area (Å²) in [7, 11) is -3.60. The Morgan fingerprint density at radius 1 is 1.39 bits per heavy atom. The standard InChI is InChI=1S/C17H19N5O4S2/c1-16(2)15(18)21-17(9-28(16,24)25)8-26-7-10-3-4-11(5-12(10)17)20-14(23)13-6-19-27-22-13/h3-6H,7-9H2,1-2H3,(H2,18,21)(H,20,23)/t17-/m0/s1. The summed E-state index contributed by atoms with van der Waals surface area (Å²) in [4.78, 5) is 12.3. The first-order valence-corrected chi connectivity index (χ1v) is 10.9. The van der Waals surface area contributed by atoms with Crippen molar-refractivity contribution in [1.29, 1.82) is 5.41 Å². The zero-order valence-corrected chi connectivity index (χ0v) is 16.9. The van der Waals surface area contributed by atoms with Crippen molar-refractivity contribution in [2.24, 2.45) is 0 Å². The molecule has 3 heterocycles. The minimum Gasteiger partial charge on any atom is -0.374 e. The number of nitrogens with zero attached hydrogens (tertiary/aromatic N) is 2. The summed E-state index contributed by atoms with van der Waals surface area (Å²) in [6.45, 7) is 3.49. The van der Waals surface area contributed by atoms with Crippen molar-refractivity contribution in [2.75, 3.05) is 17.7 Å². The molecule has 0 aliphatic carbocycles. The monoisotopic (exact) mass is 421 g/mol. The molecule has 1 amide bonds. The van der Waals surface area contributed by atoms with Crippen LogP contribution < -0.4 is 10.6 Å². The van der Waals surface area contributed by atoms with Gasteiger partial charge in [-0.15, -0.1) is 0 Å². The van der Waals surface area contributed by atoms with Gasteiger partial charge in [0.15, 0.2) is 15.5 Å². The van der Waals surface area contributed by atoms with E-state index in [1.165, 1.54) is 20.0 Å². The summed E-state index contributed by atoms with van der Waals surface area (Å²) in [5.74, 6) is -0.665. The van der Waals surface area contributed by atoms with Gasteiger partial charge in [-0.25, -0.2) is 8.42 Å². The van der Waals surface area contributed by atoms with Crippen LogP contribution in [0.3, 0.4) is 0 Å². The largest absolute Gasteiger partial charge is 0.374 e. The Labute approximate surface area is 166 Å². The lowest BCUT2D eigenvalue weighted by Gasteiger charge is -2.47. The Hall–Kier alpha value is -2.37. The number of carbonyl (C=O) groups is 1. The van der Waals surface area contributed by atoms with E-state index in [0.717, 1.165) is 17.3 Å². The lowest BCUT2D eigenvalue weighted by atomic mass is 9.85. The summed E-state index contributed by atoms with van der Waals surface area (Å²) in [6.07, 6.45) is 1.38. The fourth-order valence-electron chi connectivity index (χ4n) is 3.41. The molecule has 2 aliphatic heterocycles. The van der Waals surface area contributed by atoms with Gasteiger partial charge in [-0.05, 0) is 37.1 Å². The number of ether oxygens (including phenoxy) is 1. The number of rotatable bonds is 2. The van der Waals surface area contributed by atoms with E-state index < -0.39 is 26.0 Å². The van der Waals surface area contributed by atoms with Gasteiger partial charge in [-0.1, -0.05) is 6.07 Å². The molecule has 1 aromatic heterocycles. The number of amidine groups is 1. The maximum atomic E-state index is 12.9. The molecule has 1 spiro atoms. The Balaban J connectivity index is 1.73. The Morgan fingerprint density at radius 2 is 2.18 bits per heavy atom. The van der Waals surface area contributed by atoms with Crippen LogP contribution in [-0.2, 0) is 26.7 Å². The van der Waals surface area contributed by atoms with E-state index in [4.69, 9.17) is 10.1 Å². The van der Waals surface area contributed by atoms with Gasteiger partial charge in [0.25, 0.3) is 5.91 Å². The van der Waals surface area contributed by atoms with Crippen LogP contribution in [0.1, 0.15) is 35.5 Å². The fraction of sp³-hybridized carbons (Fsp3) is 0.412. The van der Waals surface area contributed by atoms with Crippen molar-refractivity contribution < 1.29 is 17.9 Å². The predicted molar refractivity (Wildman–Crippen MR) is 104 cm³/mol. The normalized spacial score (nSPS) is 25.0. The highest BCUT2D eigenvalue weighted by atomic mass is 32.2. The molecule has 2 aliphatic rings. The van der Waals surface area contributed by atoms with Gasteiger partial charge in [0.1, 0.15) is 16.1 Å². The smallest absolute Gasteiger partial charge is 0.277 e. The molecule has 0 saturated carbocycles. The van der Waals surface area contributed by atoms with Crippen molar-refractivity contribution in [3.8, 4) is 0 Å². The average Bonchev–Trinajstić information content (AvgIpc) is 3.15. The zero-order valence-electron chi connectivity index (χ0n) is 15.3. The number of aromatic nitrogens is 2. The van der Waals surface area contributed by atoms with E-state index in [1.807, 2.05) is 0 Å². The molecule has 11 heteroatoms. The molecular formula is C17H19N5O4S2. The number of nitrogens with one attached hydrogen (secondary N) is 3. The summed E-state index contributed by atoms with van der Waals surface area (Å²) in [5.41, 5.74) is 1.17. The van der Waals surface area contributed by atoms with E-state index >= 15 is 0 Å². The Kier molecular flexibility index (Phi) is 4.28. The van der Waals surface area contributed by atoms with Crippen LogP contribution in [0.4, 0.5) is 5.69 Å². The lowest BCUT2D eigenvalue weighted by Crippen LogP contribution is -2.67. The van der Waals surface area contributed by atoms with Crippen LogP contribution in [0.25, 0.3) is 0 Å². The number of benzene rings is 1. The first kappa shape index (κ1) is 19.0. The van der Waals surface area contributed by atoms with E-state index in [0.29, 0.717) is 17.9 Å². The van der Waals surface area contributed by atoms with Crippen molar-refractivity contribution in [1.82, 2.24) is 14.1 Å². The maximum absolute atomic E-state index is 12.9. The quantitative estimate of drug-likeness (QED) is 0.665. The van der Waals surface area contributed by atoms with E-state index in [1.54, 1.807) is 18.2 Å². The molecular weight excluding hydrogens is 402 g/mol. The Bertz CT molecular complexity index is 1070. The van der Waals surface area contributed by atoms with Gasteiger partial charge in [-0.2, -0.15) is 8.75 Å². The van der Waals surface area contributed by atoms with Crippen LogP contribution in [0.15, 0.2) is 24.4 Å². The summed E-state index contributed by atoms with van der Waals surface area (Å²) in [6, 6.07) is 5.26. The van der Waals surface area contributed by atoms with E-state index in [9.17, 15) is 13.2 Å². The summed E-state index contributed by atoms with van der Waals surface area (Å²) >= 11 is 0.941. The van der Waals surface area contributed by atoms with Crippen LogP contribution in [0, 0.1) is 5.41 Å². The van der Waals surface area contributed by atoms with Gasteiger partial charge in [0.05, 0.1) is 36.9 Å². The zero-order chi connectivity index (χ0) is 20.2. The molecule has 1 fully saturated rings. The molecule has 9 nitrogen and oxygen atoms in total. The number of anilines is 1. The predicted octanol–water partition coefficient (Wildman–Crippen LogP) is 1.29. The Morgan fingerprint density at radius 3 is 2.86 bits per heavy atom. The van der Waals surface area contributed by atoms with Gasteiger partial charge in [-0.3, -0.25) is 10.2 Å². The first-order valence-electron chi connectivity index (χ1n) is 8.54. The third-order valence-electron chi connectivity index (χ3n) is 5.26. The number of hydrogen-bond donors (Lipinski definition) is 3. The number of sulfone groups is 1.